The number of hydrogen-bond donors (Lipinski definition) is 0. The van der Waals surface area contributed by atoms with Gasteiger partial charge in [-0.05, 0) is 6.42 Å². The Balaban J connectivity index is 4.36. The lowest BCUT2D eigenvalue weighted by Crippen LogP contribution is -2.47. The summed E-state index contributed by atoms with van der Waals surface area (Å²) < 4.78 is 91.1. The maximum atomic E-state index is 13.0. The largest absolute Gasteiger partial charge is 0.743 e. The van der Waals surface area contributed by atoms with Crippen molar-refractivity contribution in [1.82, 2.24) is 0 Å². The van der Waals surface area contributed by atoms with Crippen molar-refractivity contribution in [3.8, 4) is 0 Å². The highest BCUT2D eigenvalue weighted by Crippen LogP contribution is 2.40. The second-order valence-electron chi connectivity index (χ2n) is 4.22. The second kappa shape index (κ2) is 7.88. The maximum Gasteiger partial charge on any atom is 0.396 e. The number of alkyl halides is 4. The first kappa shape index (κ1) is 20.8. The average Bonchev–Trinajstić information content (AvgIpc) is 2.39. The van der Waals surface area contributed by atoms with Crippen LogP contribution in [0.2, 0.25) is 0 Å². The minimum Gasteiger partial charge on any atom is -0.743 e. The van der Waals surface area contributed by atoms with Crippen LogP contribution in [0.25, 0.3) is 0 Å². The molecule has 0 aromatic rings. The van der Waals surface area contributed by atoms with Crippen LogP contribution in [0.15, 0.2) is 12.2 Å². The van der Waals surface area contributed by atoms with Gasteiger partial charge in [-0.25, -0.2) is 13.2 Å². The van der Waals surface area contributed by atoms with Crippen LogP contribution in [0, 0.1) is 0 Å². The van der Waals surface area contributed by atoms with E-state index in [-0.39, 0.29) is 12.2 Å². The highest BCUT2D eigenvalue weighted by molar-refractivity contribution is 7.86. The smallest absolute Gasteiger partial charge is 0.396 e. The van der Waals surface area contributed by atoms with Crippen LogP contribution < -0.4 is 0 Å². The zero-order valence-corrected chi connectivity index (χ0v) is 12.4. The molecule has 0 heterocycles. The molecule has 0 unspecified atom stereocenters. The zero-order chi connectivity index (χ0) is 17.6. The van der Waals surface area contributed by atoms with Crippen molar-refractivity contribution in [1.29, 1.82) is 0 Å². The highest BCUT2D eigenvalue weighted by Gasteiger charge is 2.61. The number of ether oxygens (including phenoxy) is 2. The fourth-order valence-corrected chi connectivity index (χ4v) is 1.55. The maximum absolute atomic E-state index is 13.0. The summed E-state index contributed by atoms with van der Waals surface area (Å²) in [5.74, 6) is -5.93. The molecule has 0 saturated heterocycles. The number of carbonyl (C=O) groups is 1. The fourth-order valence-electron chi connectivity index (χ4n) is 1.08. The monoisotopic (exact) mass is 351 g/mol. The first-order valence-corrected chi connectivity index (χ1v) is 7.41. The van der Waals surface area contributed by atoms with Crippen LogP contribution in [0.1, 0.15) is 19.8 Å². The Bertz CT molecular complexity index is 503. The van der Waals surface area contributed by atoms with Crippen molar-refractivity contribution in [3.63, 3.8) is 0 Å². The molecule has 11 heteroatoms. The van der Waals surface area contributed by atoms with Gasteiger partial charge in [0.25, 0.3) is 0 Å². The van der Waals surface area contributed by atoms with Gasteiger partial charge in [-0.15, -0.1) is 0 Å². The Morgan fingerprint density at radius 3 is 2.23 bits per heavy atom. The summed E-state index contributed by atoms with van der Waals surface area (Å²) >= 11 is 0. The Hall–Kier alpha value is -1.20. The summed E-state index contributed by atoms with van der Waals surface area (Å²) in [6.45, 7) is 3.52. The molecule has 130 valence electrons. The molecule has 0 rings (SSSR count). The van der Waals surface area contributed by atoms with Crippen LogP contribution in [0.4, 0.5) is 17.6 Å². The van der Waals surface area contributed by atoms with E-state index >= 15 is 0 Å². The van der Waals surface area contributed by atoms with Crippen molar-refractivity contribution in [3.05, 3.63) is 12.2 Å². The van der Waals surface area contributed by atoms with Gasteiger partial charge >= 0.3 is 17.1 Å². The van der Waals surface area contributed by atoms with Crippen LogP contribution in [0.5, 0.6) is 0 Å². The zero-order valence-electron chi connectivity index (χ0n) is 11.6. The van der Waals surface area contributed by atoms with Gasteiger partial charge in [-0.3, -0.25) is 0 Å². The quantitative estimate of drug-likeness (QED) is 0.195. The van der Waals surface area contributed by atoms with E-state index in [0.717, 1.165) is 0 Å². The number of halogens is 4. The summed E-state index contributed by atoms with van der Waals surface area (Å²) in [7, 11) is -6.52. The molecule has 0 radical (unpaired) electrons. The second-order valence-corrected chi connectivity index (χ2v) is 5.64. The normalized spacial score (nSPS) is 13.0. The molecule has 0 amide bonds. The van der Waals surface area contributed by atoms with Gasteiger partial charge in [0.15, 0.2) is 10.1 Å². The predicted octanol–water partition coefficient (Wildman–Crippen LogP) is 1.68. The third-order valence-corrected chi connectivity index (χ3v) is 3.23. The molecule has 0 aliphatic rings. The van der Waals surface area contributed by atoms with Gasteiger partial charge in [0.05, 0.1) is 25.4 Å². The van der Waals surface area contributed by atoms with E-state index in [4.69, 9.17) is 0 Å². The van der Waals surface area contributed by atoms with Gasteiger partial charge in [-0.2, -0.15) is 17.6 Å². The molecule has 0 aromatic carbocycles. The molecular weight excluding hydrogens is 336 g/mol. The Labute approximate surface area is 124 Å². The minimum absolute atomic E-state index is 0.115. The summed E-state index contributed by atoms with van der Waals surface area (Å²) in [4.78, 5) is 11.2. The Morgan fingerprint density at radius 2 is 1.77 bits per heavy atom. The molecule has 0 aliphatic heterocycles. The lowest BCUT2D eigenvalue weighted by Gasteiger charge is -2.28. The summed E-state index contributed by atoms with van der Waals surface area (Å²) in [5.41, 5.74) is -0.222. The minimum atomic E-state index is -6.52. The van der Waals surface area contributed by atoms with Crippen LogP contribution >= 0.6 is 0 Å². The first-order valence-electron chi connectivity index (χ1n) is 6.00. The molecule has 22 heavy (non-hydrogen) atoms. The molecule has 0 atom stereocenters. The van der Waals surface area contributed by atoms with E-state index < -0.39 is 46.9 Å². The summed E-state index contributed by atoms with van der Waals surface area (Å²) in [6, 6.07) is 0. The van der Waals surface area contributed by atoms with Crippen LogP contribution in [-0.4, -0.2) is 49.9 Å². The highest BCUT2D eigenvalue weighted by atomic mass is 32.2. The fraction of sp³-hybridized carbons (Fsp3) is 0.727. The van der Waals surface area contributed by atoms with Gasteiger partial charge in [0.1, 0.15) is 0 Å². The molecule has 0 aromatic heterocycles. The van der Waals surface area contributed by atoms with Crippen LogP contribution in [-0.2, 0) is 24.4 Å². The van der Waals surface area contributed by atoms with Gasteiger partial charge in [-0.1, -0.05) is 13.5 Å². The molecule has 0 bridgehead atoms. The Kier molecular flexibility index (Phi) is 7.45. The number of carbonyl (C=O) groups excluding carboxylic acids is 1. The molecular formula is C11H15F4O6S-. The van der Waals surface area contributed by atoms with Crippen molar-refractivity contribution >= 4 is 16.1 Å². The Morgan fingerprint density at radius 1 is 1.23 bits per heavy atom. The number of rotatable bonds is 10. The van der Waals surface area contributed by atoms with Gasteiger partial charge in [0, 0.05) is 6.42 Å². The predicted molar refractivity (Wildman–Crippen MR) is 65.4 cm³/mol. The van der Waals surface area contributed by atoms with Crippen molar-refractivity contribution in [2.75, 3.05) is 19.8 Å². The third-order valence-electron chi connectivity index (χ3n) is 2.30. The first-order chi connectivity index (χ1) is 9.87. The van der Waals surface area contributed by atoms with Gasteiger partial charge in [0.2, 0.25) is 0 Å². The van der Waals surface area contributed by atoms with E-state index in [1.807, 2.05) is 0 Å². The topological polar surface area (TPSA) is 92.7 Å². The standard InChI is InChI=1S/C11H16F4O6S/c1-3-5-21-9(16)8(2)7-20-6-4-10(12,13)11(14,15)22(17,18)19/h2-7H2,1H3,(H,17,18,19)/p-1. The summed E-state index contributed by atoms with van der Waals surface area (Å²) in [5, 5.41) is -5.75. The molecule has 6 nitrogen and oxygen atoms in total. The molecule has 0 N–H and O–H groups in total. The molecule has 0 aliphatic carbocycles. The van der Waals surface area contributed by atoms with Crippen molar-refractivity contribution in [2.24, 2.45) is 0 Å². The molecule has 0 fully saturated rings. The molecule has 0 spiro atoms. The SMILES string of the molecule is C=C(COCCC(F)(F)C(F)(F)S(=O)(=O)[O-])C(=O)OCCC. The summed E-state index contributed by atoms with van der Waals surface area (Å²) in [6.07, 6.45) is -1.18. The number of hydrogen-bond acceptors (Lipinski definition) is 6. The lowest BCUT2D eigenvalue weighted by molar-refractivity contribution is -0.170. The van der Waals surface area contributed by atoms with Crippen molar-refractivity contribution in [2.45, 2.75) is 30.9 Å². The van der Waals surface area contributed by atoms with E-state index in [0.29, 0.717) is 6.42 Å². The average molecular weight is 351 g/mol. The van der Waals surface area contributed by atoms with E-state index in [1.165, 1.54) is 0 Å². The van der Waals surface area contributed by atoms with Gasteiger partial charge < -0.3 is 14.0 Å². The van der Waals surface area contributed by atoms with Crippen LogP contribution in [0.3, 0.4) is 0 Å². The van der Waals surface area contributed by atoms with E-state index in [1.54, 1.807) is 6.92 Å². The molecule has 0 saturated carbocycles. The van der Waals surface area contributed by atoms with E-state index in [9.17, 15) is 35.3 Å². The van der Waals surface area contributed by atoms with E-state index in [2.05, 4.69) is 16.1 Å². The third kappa shape index (κ3) is 5.54. The van der Waals surface area contributed by atoms with Crippen molar-refractivity contribution < 1.29 is 44.8 Å². The number of esters is 1. The lowest BCUT2D eigenvalue weighted by atomic mass is 10.2.